The van der Waals surface area contributed by atoms with Gasteiger partial charge in [0.1, 0.15) is 25.3 Å². The molecule has 2 aromatic rings. The average Bonchev–Trinajstić information content (AvgIpc) is 3.45. The second-order valence-electron chi connectivity index (χ2n) is 7.91. The summed E-state index contributed by atoms with van der Waals surface area (Å²) in [6.07, 6.45) is 4.64. The molecule has 4 atom stereocenters. The second kappa shape index (κ2) is 7.78. The van der Waals surface area contributed by atoms with Gasteiger partial charge < -0.3 is 9.47 Å². The first-order chi connectivity index (χ1) is 13.9. The van der Waals surface area contributed by atoms with Gasteiger partial charge in [-0.2, -0.15) is 0 Å². The van der Waals surface area contributed by atoms with Crippen molar-refractivity contribution in [2.45, 2.75) is 37.8 Å². The van der Waals surface area contributed by atoms with Crippen molar-refractivity contribution in [3.63, 3.8) is 0 Å². The molecule has 0 aromatic heterocycles. The van der Waals surface area contributed by atoms with E-state index in [0.29, 0.717) is 13.2 Å². The van der Waals surface area contributed by atoms with Crippen molar-refractivity contribution in [3.8, 4) is 0 Å². The molecule has 1 aliphatic carbocycles. The van der Waals surface area contributed by atoms with Gasteiger partial charge in [-0.25, -0.2) is 9.98 Å². The number of nitrogens with zero attached hydrogens (tertiary/aromatic N) is 2. The lowest BCUT2D eigenvalue weighted by Gasteiger charge is -2.30. The van der Waals surface area contributed by atoms with Gasteiger partial charge in [-0.3, -0.25) is 0 Å². The van der Waals surface area contributed by atoms with Gasteiger partial charge in [0.05, 0.1) is 0 Å². The second-order valence-corrected chi connectivity index (χ2v) is 7.91. The van der Waals surface area contributed by atoms with Crippen molar-refractivity contribution >= 4 is 11.8 Å². The van der Waals surface area contributed by atoms with E-state index in [1.807, 2.05) is 12.1 Å². The van der Waals surface area contributed by atoms with Gasteiger partial charge in [0, 0.05) is 11.8 Å². The third-order valence-corrected chi connectivity index (χ3v) is 6.11. The van der Waals surface area contributed by atoms with E-state index in [9.17, 15) is 0 Å². The van der Waals surface area contributed by atoms with Crippen LogP contribution in [0, 0.1) is 11.8 Å². The standard InChI is InChI=1S/C24H26N2O2/c1-3-9-17(10-4-1)21-15-27-23(25-21)19-13-7-8-14-20(19)24-26-22(16-28-24)18-11-5-2-6-12-18/h1-6,9-12,19-22H,7-8,13-16H2/t19-,20-,21+,22+/m0/s1. The SMILES string of the molecule is c1ccc([C@H]2COC([C@H]3CCCC[C@@H]3C3=N[C@@H](c4ccccc4)CO3)=N2)cc1. The Balaban J connectivity index is 1.36. The Morgan fingerprint density at radius 3 is 1.46 bits per heavy atom. The molecule has 2 heterocycles. The molecule has 5 rings (SSSR count). The van der Waals surface area contributed by atoms with Crippen molar-refractivity contribution < 1.29 is 9.47 Å². The Labute approximate surface area is 166 Å². The van der Waals surface area contributed by atoms with E-state index in [4.69, 9.17) is 19.5 Å². The van der Waals surface area contributed by atoms with Crippen LogP contribution in [0.3, 0.4) is 0 Å². The molecule has 4 nitrogen and oxygen atoms in total. The average molecular weight is 374 g/mol. The fraction of sp³-hybridized carbons (Fsp3) is 0.417. The zero-order chi connectivity index (χ0) is 18.8. The van der Waals surface area contributed by atoms with E-state index in [2.05, 4.69) is 48.5 Å². The van der Waals surface area contributed by atoms with Crippen LogP contribution >= 0.6 is 0 Å². The van der Waals surface area contributed by atoms with Crippen LogP contribution in [0.25, 0.3) is 0 Å². The van der Waals surface area contributed by atoms with Crippen LogP contribution in [-0.2, 0) is 9.47 Å². The van der Waals surface area contributed by atoms with E-state index >= 15 is 0 Å². The Morgan fingerprint density at radius 2 is 1.04 bits per heavy atom. The van der Waals surface area contributed by atoms with Crippen LogP contribution in [0.5, 0.6) is 0 Å². The molecule has 0 unspecified atom stereocenters. The number of hydrogen-bond donors (Lipinski definition) is 0. The van der Waals surface area contributed by atoms with Crippen molar-refractivity contribution in [2.75, 3.05) is 13.2 Å². The van der Waals surface area contributed by atoms with Gasteiger partial charge >= 0.3 is 0 Å². The van der Waals surface area contributed by atoms with Gasteiger partial charge in [-0.15, -0.1) is 0 Å². The predicted molar refractivity (Wildman–Crippen MR) is 111 cm³/mol. The molecule has 28 heavy (non-hydrogen) atoms. The van der Waals surface area contributed by atoms with Gasteiger partial charge in [0.2, 0.25) is 0 Å². The first-order valence-electron chi connectivity index (χ1n) is 10.4. The molecule has 3 aliphatic rings. The highest BCUT2D eigenvalue weighted by Gasteiger charge is 2.39. The Bertz CT molecular complexity index is 789. The van der Waals surface area contributed by atoms with Crippen LogP contribution in [-0.4, -0.2) is 25.0 Å². The summed E-state index contributed by atoms with van der Waals surface area (Å²) in [7, 11) is 0. The summed E-state index contributed by atoms with van der Waals surface area (Å²) in [6, 6.07) is 21.1. The highest BCUT2D eigenvalue weighted by Crippen LogP contribution is 2.38. The lowest BCUT2D eigenvalue weighted by molar-refractivity contribution is 0.237. The lowest BCUT2D eigenvalue weighted by atomic mass is 9.79. The molecule has 0 saturated heterocycles. The summed E-state index contributed by atoms with van der Waals surface area (Å²) in [5.74, 6) is 2.40. The molecule has 0 radical (unpaired) electrons. The minimum atomic E-state index is 0.113. The molecule has 1 saturated carbocycles. The quantitative estimate of drug-likeness (QED) is 0.744. The van der Waals surface area contributed by atoms with E-state index in [1.54, 1.807) is 0 Å². The Hall–Kier alpha value is -2.62. The summed E-state index contributed by atoms with van der Waals surface area (Å²) in [6.45, 7) is 1.28. The molecular formula is C24H26N2O2. The fourth-order valence-electron chi connectivity index (χ4n) is 4.60. The summed E-state index contributed by atoms with van der Waals surface area (Å²) >= 11 is 0. The summed E-state index contributed by atoms with van der Waals surface area (Å²) in [4.78, 5) is 9.93. The third kappa shape index (κ3) is 3.44. The van der Waals surface area contributed by atoms with Crippen molar-refractivity contribution in [1.82, 2.24) is 0 Å². The molecule has 0 amide bonds. The molecule has 1 fully saturated rings. The molecule has 0 N–H and O–H groups in total. The zero-order valence-corrected chi connectivity index (χ0v) is 16.0. The maximum Gasteiger partial charge on any atom is 0.188 e. The van der Waals surface area contributed by atoms with Crippen LogP contribution in [0.15, 0.2) is 70.6 Å². The van der Waals surface area contributed by atoms with Gasteiger partial charge in [-0.1, -0.05) is 73.5 Å². The number of hydrogen-bond acceptors (Lipinski definition) is 4. The van der Waals surface area contributed by atoms with Crippen LogP contribution in [0.4, 0.5) is 0 Å². The third-order valence-electron chi connectivity index (χ3n) is 6.11. The number of rotatable bonds is 4. The van der Waals surface area contributed by atoms with E-state index < -0.39 is 0 Å². The van der Waals surface area contributed by atoms with Gasteiger partial charge in [0.25, 0.3) is 0 Å². The van der Waals surface area contributed by atoms with Gasteiger partial charge in [-0.05, 0) is 24.0 Å². The normalized spacial score (nSPS) is 29.6. The molecule has 4 heteroatoms. The smallest absolute Gasteiger partial charge is 0.188 e. The van der Waals surface area contributed by atoms with Gasteiger partial charge in [0.15, 0.2) is 11.8 Å². The molecule has 0 bridgehead atoms. The molecule has 0 spiro atoms. The van der Waals surface area contributed by atoms with Crippen LogP contribution in [0.1, 0.15) is 48.9 Å². The highest BCUT2D eigenvalue weighted by molar-refractivity contribution is 5.89. The van der Waals surface area contributed by atoms with E-state index in [0.717, 1.165) is 24.6 Å². The number of aliphatic imine (C=N–C) groups is 2. The minimum absolute atomic E-state index is 0.113. The van der Waals surface area contributed by atoms with Crippen LogP contribution < -0.4 is 0 Å². The minimum Gasteiger partial charge on any atom is -0.478 e. The lowest BCUT2D eigenvalue weighted by Crippen LogP contribution is -2.33. The monoisotopic (exact) mass is 374 g/mol. The molecule has 2 aliphatic heterocycles. The topological polar surface area (TPSA) is 43.2 Å². The van der Waals surface area contributed by atoms with Crippen molar-refractivity contribution in [2.24, 2.45) is 21.8 Å². The van der Waals surface area contributed by atoms with E-state index in [-0.39, 0.29) is 23.9 Å². The van der Waals surface area contributed by atoms with Crippen molar-refractivity contribution in [1.29, 1.82) is 0 Å². The highest BCUT2D eigenvalue weighted by atomic mass is 16.5. The van der Waals surface area contributed by atoms with Crippen LogP contribution in [0.2, 0.25) is 0 Å². The number of ether oxygens (including phenoxy) is 2. The maximum atomic E-state index is 6.10. The molecule has 2 aromatic carbocycles. The first kappa shape index (κ1) is 17.5. The maximum absolute atomic E-state index is 6.10. The predicted octanol–water partition coefficient (Wildman–Crippen LogP) is 5.13. The fourth-order valence-corrected chi connectivity index (χ4v) is 4.60. The zero-order valence-electron chi connectivity index (χ0n) is 16.0. The largest absolute Gasteiger partial charge is 0.478 e. The Morgan fingerprint density at radius 1 is 0.607 bits per heavy atom. The summed E-state index contributed by atoms with van der Waals surface area (Å²) in [5.41, 5.74) is 2.45. The Kier molecular flexibility index (Phi) is 4.86. The summed E-state index contributed by atoms with van der Waals surface area (Å²) in [5, 5.41) is 0. The number of benzene rings is 2. The van der Waals surface area contributed by atoms with Crippen molar-refractivity contribution in [3.05, 3.63) is 71.8 Å². The van der Waals surface area contributed by atoms with E-state index in [1.165, 1.54) is 24.0 Å². The molecule has 144 valence electrons. The summed E-state index contributed by atoms with van der Waals surface area (Å²) < 4.78 is 12.2. The first-order valence-corrected chi connectivity index (χ1v) is 10.4. The molecular weight excluding hydrogens is 348 g/mol.